The van der Waals surface area contributed by atoms with E-state index in [1.807, 2.05) is 71.9 Å². The van der Waals surface area contributed by atoms with E-state index in [1.54, 1.807) is 12.4 Å². The lowest BCUT2D eigenvalue weighted by molar-refractivity contribution is -0.320. The van der Waals surface area contributed by atoms with Crippen molar-refractivity contribution in [2.24, 2.45) is 17.8 Å². The molecule has 0 aliphatic carbocycles. The molecule has 0 N–H and O–H groups in total. The second kappa shape index (κ2) is 20.3. The van der Waals surface area contributed by atoms with Crippen LogP contribution in [-0.2, 0) is 33.4 Å². The maximum atomic E-state index is 14.7. The third-order valence-electron chi connectivity index (χ3n) is 11.8. The molecule has 1 aromatic carbocycles. The van der Waals surface area contributed by atoms with Gasteiger partial charge < -0.3 is 14.2 Å². The van der Waals surface area contributed by atoms with E-state index in [-0.39, 0.29) is 48.0 Å². The first-order chi connectivity index (χ1) is 25.8. The molecule has 1 aliphatic rings. The maximum absolute atomic E-state index is 14.7. The van der Waals surface area contributed by atoms with Gasteiger partial charge in [-0.05, 0) is 116 Å². The van der Waals surface area contributed by atoms with E-state index in [0.29, 0.717) is 45.3 Å². The Hall–Kier alpha value is -3.14. The van der Waals surface area contributed by atoms with Crippen LogP contribution in [0, 0.1) is 17.8 Å². The minimum atomic E-state index is -0.827. The third-order valence-corrected chi connectivity index (χ3v) is 11.8. The lowest BCUT2D eigenvalue weighted by Gasteiger charge is -2.56. The number of hydroxylamine groups is 2. The number of hydrogen-bond acceptors (Lipinski definition) is 9. The summed E-state index contributed by atoms with van der Waals surface area (Å²) in [7, 11) is 0. The smallest absolute Gasteiger partial charge is 0.309 e. The average molecular weight is 765 g/mol. The van der Waals surface area contributed by atoms with E-state index in [1.165, 1.54) is 0 Å². The van der Waals surface area contributed by atoms with E-state index in [0.717, 1.165) is 24.0 Å². The molecule has 9 heteroatoms. The molecule has 308 valence electrons. The number of hydrogen-bond donors (Lipinski definition) is 0. The molecule has 7 atom stereocenters. The first kappa shape index (κ1) is 46.2. The Morgan fingerprint density at radius 2 is 1.51 bits per heavy atom. The van der Waals surface area contributed by atoms with Gasteiger partial charge in [-0.25, -0.2) is 0 Å². The molecule has 1 aromatic heterocycles. The zero-order valence-electron chi connectivity index (χ0n) is 36.1. The Kier molecular flexibility index (Phi) is 17.1. The zero-order chi connectivity index (χ0) is 41.0. The van der Waals surface area contributed by atoms with Crippen molar-refractivity contribution in [1.29, 1.82) is 0 Å². The number of pyridine rings is 1. The van der Waals surface area contributed by atoms with E-state index in [2.05, 4.69) is 63.7 Å². The molecule has 1 aliphatic heterocycles. The summed E-state index contributed by atoms with van der Waals surface area (Å²) in [6.07, 6.45) is 7.77. The van der Waals surface area contributed by atoms with Gasteiger partial charge in [0.2, 0.25) is 0 Å². The largest absolute Gasteiger partial charge is 0.465 e. The Bertz CT molecular complexity index is 1490. The average Bonchev–Trinajstić information content (AvgIpc) is 3.14. The molecule has 0 amide bonds. The number of carbonyl (C=O) groups excluding carboxylic acids is 3. The molecule has 9 nitrogen and oxygen atoms in total. The lowest BCUT2D eigenvalue weighted by atomic mass is 9.70. The van der Waals surface area contributed by atoms with E-state index in [4.69, 9.17) is 19.0 Å². The highest BCUT2D eigenvalue weighted by molar-refractivity contribution is 5.84. The molecule has 1 fully saturated rings. The predicted molar refractivity (Wildman–Crippen MR) is 218 cm³/mol. The van der Waals surface area contributed by atoms with Gasteiger partial charge >= 0.3 is 11.9 Å². The topological polar surface area (TPSA) is 104 Å². The number of carbonyl (C=O) groups is 3. The molecule has 0 radical (unpaired) electrons. The van der Waals surface area contributed by atoms with Crippen LogP contribution in [0.4, 0.5) is 0 Å². The molecular formula is C46H72N2O7. The van der Waals surface area contributed by atoms with Gasteiger partial charge in [-0.15, -0.1) is 0 Å². The summed E-state index contributed by atoms with van der Waals surface area (Å²) in [6.45, 7) is 25.1. The van der Waals surface area contributed by atoms with Crippen molar-refractivity contribution in [2.75, 3.05) is 13.2 Å². The molecule has 0 spiro atoms. The molecule has 1 saturated heterocycles. The van der Waals surface area contributed by atoms with Gasteiger partial charge in [0.25, 0.3) is 0 Å². The van der Waals surface area contributed by atoms with Gasteiger partial charge in [0.05, 0.1) is 41.7 Å². The number of aromatic nitrogens is 1. The summed E-state index contributed by atoms with van der Waals surface area (Å²) in [5.41, 5.74) is -0.333. The lowest BCUT2D eigenvalue weighted by Crippen LogP contribution is -2.66. The van der Waals surface area contributed by atoms with Crippen LogP contribution in [0.3, 0.4) is 0 Å². The van der Waals surface area contributed by atoms with Crippen LogP contribution in [0.15, 0.2) is 54.9 Å². The van der Waals surface area contributed by atoms with Crippen molar-refractivity contribution in [3.63, 3.8) is 0 Å². The predicted octanol–water partition coefficient (Wildman–Crippen LogP) is 10.4. The summed E-state index contributed by atoms with van der Waals surface area (Å²) in [4.78, 5) is 53.6. The third kappa shape index (κ3) is 13.2. The molecule has 0 saturated carbocycles. The molecule has 2 aromatic rings. The summed E-state index contributed by atoms with van der Waals surface area (Å²) < 4.78 is 18.3. The number of nitrogens with zero attached hydrogens (tertiary/aromatic N) is 2. The fourth-order valence-electron chi connectivity index (χ4n) is 7.62. The highest BCUT2D eigenvalue weighted by Crippen LogP contribution is 2.47. The Balaban J connectivity index is 2.10. The number of Topliss-reactive ketones (excluding diaryl/α,β-unsaturated/α-hetero) is 1. The number of ketones is 1. The molecular weight excluding hydrogens is 693 g/mol. The second-order valence-electron chi connectivity index (χ2n) is 17.9. The van der Waals surface area contributed by atoms with Crippen LogP contribution in [-0.4, -0.2) is 63.3 Å². The molecule has 0 bridgehead atoms. The maximum Gasteiger partial charge on any atom is 0.309 e. The Labute approximate surface area is 332 Å². The highest BCUT2D eigenvalue weighted by Gasteiger charge is 2.54. The van der Waals surface area contributed by atoms with E-state index >= 15 is 0 Å². The number of benzene rings is 1. The van der Waals surface area contributed by atoms with Crippen LogP contribution in [0.2, 0.25) is 0 Å². The number of ether oxygens (including phenoxy) is 3. The second-order valence-corrected chi connectivity index (χ2v) is 17.9. The molecule has 2 heterocycles. The standard InChI is InChI=1S/C46H72N2O7/c1-13-16-27-52-41(50)37(29-33(4)35-20-18-17-19-21-35)30-38(42(51)54-44(9,10)24-28-53-43(6,7)8)31-40(36-22-25-47-26-23-36)55-48-45(11,14-2)32-39(49)34(5)46(48,12)15-3/h17-23,25-26,33-34,37-38,40H,13-16,24,27-32H2,1-12H3. The van der Waals surface area contributed by atoms with Gasteiger partial charge in [-0.2, -0.15) is 5.06 Å². The van der Waals surface area contributed by atoms with E-state index < -0.39 is 34.6 Å². The van der Waals surface area contributed by atoms with Crippen LogP contribution < -0.4 is 0 Å². The minimum absolute atomic E-state index is 0.0442. The van der Waals surface area contributed by atoms with Gasteiger partial charge in [-0.1, -0.05) is 71.4 Å². The Morgan fingerprint density at radius 1 is 0.873 bits per heavy atom. The van der Waals surface area contributed by atoms with Crippen LogP contribution in [0.1, 0.15) is 164 Å². The van der Waals surface area contributed by atoms with Crippen molar-refractivity contribution in [1.82, 2.24) is 10.0 Å². The SMILES string of the molecule is CCCCOC(=O)C(CC(CC(ON1C(C)(CC)CC(=O)C(C)C1(C)CC)c1ccncc1)C(=O)OC(C)(C)CCOC(C)(C)C)CC(C)c1ccccc1. The molecule has 55 heavy (non-hydrogen) atoms. The van der Waals surface area contributed by atoms with Crippen molar-refractivity contribution in [3.8, 4) is 0 Å². The Morgan fingerprint density at radius 3 is 2.09 bits per heavy atom. The normalized spacial score (nSPS) is 23.1. The van der Waals surface area contributed by atoms with Crippen molar-refractivity contribution >= 4 is 17.7 Å². The minimum Gasteiger partial charge on any atom is -0.465 e. The number of piperidine rings is 1. The van der Waals surface area contributed by atoms with Gasteiger partial charge in [0.1, 0.15) is 17.5 Å². The highest BCUT2D eigenvalue weighted by atomic mass is 16.7. The van der Waals surface area contributed by atoms with Crippen molar-refractivity contribution in [2.45, 2.75) is 175 Å². The van der Waals surface area contributed by atoms with Crippen molar-refractivity contribution < 1.29 is 33.4 Å². The summed E-state index contributed by atoms with van der Waals surface area (Å²) in [5.74, 6) is -1.96. The van der Waals surface area contributed by atoms with Gasteiger partial charge in [0.15, 0.2) is 0 Å². The monoisotopic (exact) mass is 765 g/mol. The van der Waals surface area contributed by atoms with Gasteiger partial charge in [0, 0.05) is 31.2 Å². The van der Waals surface area contributed by atoms with Crippen LogP contribution in [0.25, 0.3) is 0 Å². The van der Waals surface area contributed by atoms with Gasteiger partial charge in [-0.3, -0.25) is 24.2 Å². The molecule has 7 unspecified atom stereocenters. The van der Waals surface area contributed by atoms with Crippen LogP contribution in [0.5, 0.6) is 0 Å². The number of unbranched alkanes of at least 4 members (excludes halogenated alkanes) is 1. The first-order valence-corrected chi connectivity index (χ1v) is 20.8. The summed E-state index contributed by atoms with van der Waals surface area (Å²) >= 11 is 0. The first-order valence-electron chi connectivity index (χ1n) is 20.8. The number of esters is 2. The fourth-order valence-corrected chi connectivity index (χ4v) is 7.62. The van der Waals surface area contributed by atoms with Crippen molar-refractivity contribution in [3.05, 3.63) is 66.0 Å². The summed E-state index contributed by atoms with van der Waals surface area (Å²) in [5, 5.41) is 2.07. The summed E-state index contributed by atoms with van der Waals surface area (Å²) in [6, 6.07) is 14.0. The fraction of sp³-hybridized carbons (Fsp3) is 0.696. The zero-order valence-corrected chi connectivity index (χ0v) is 36.1. The quantitative estimate of drug-likeness (QED) is 0.0907. The van der Waals surface area contributed by atoms with Crippen LogP contribution >= 0.6 is 0 Å². The van der Waals surface area contributed by atoms with E-state index in [9.17, 15) is 14.4 Å². The number of rotatable bonds is 21. The molecule has 3 rings (SSSR count).